The molecule has 0 saturated carbocycles. The van der Waals surface area contributed by atoms with Crippen LogP contribution in [-0.2, 0) is 14.3 Å². The van der Waals surface area contributed by atoms with Gasteiger partial charge in [0.05, 0.1) is 6.61 Å². The van der Waals surface area contributed by atoms with E-state index < -0.39 is 18.9 Å². The standard InChI is InChI=1S/C10H10BrN5O4/c11-10-15-7-8(12)13-4-14-9(7)16(10)6(3-19)20-5(1-17)2-18/h1,3-6,18H,2H2,(H2,12,13,14). The van der Waals surface area contributed by atoms with Crippen LogP contribution in [0.3, 0.4) is 0 Å². The molecule has 0 bridgehead atoms. The molecule has 0 saturated heterocycles. The van der Waals surface area contributed by atoms with Gasteiger partial charge in [-0.1, -0.05) is 0 Å². The van der Waals surface area contributed by atoms with Gasteiger partial charge in [0.15, 0.2) is 40.5 Å². The van der Waals surface area contributed by atoms with Gasteiger partial charge in [0.1, 0.15) is 12.4 Å². The van der Waals surface area contributed by atoms with Crippen LogP contribution in [-0.4, -0.2) is 49.9 Å². The second-order valence-electron chi connectivity index (χ2n) is 3.70. The highest BCUT2D eigenvalue weighted by molar-refractivity contribution is 9.10. The number of anilines is 1. The molecule has 2 atom stereocenters. The van der Waals surface area contributed by atoms with Gasteiger partial charge in [0.2, 0.25) is 0 Å². The average Bonchev–Trinajstić information content (AvgIpc) is 2.79. The maximum atomic E-state index is 11.2. The molecule has 0 aromatic carbocycles. The molecule has 0 aliphatic carbocycles. The summed E-state index contributed by atoms with van der Waals surface area (Å²) in [5.41, 5.74) is 6.22. The number of aromatic nitrogens is 4. The van der Waals surface area contributed by atoms with E-state index >= 15 is 0 Å². The van der Waals surface area contributed by atoms with Crippen LogP contribution in [0.5, 0.6) is 0 Å². The highest BCUT2D eigenvalue weighted by Gasteiger charge is 2.23. The van der Waals surface area contributed by atoms with Gasteiger partial charge >= 0.3 is 0 Å². The van der Waals surface area contributed by atoms with E-state index in [-0.39, 0.29) is 16.2 Å². The number of aliphatic hydroxyl groups excluding tert-OH is 1. The molecule has 2 unspecified atom stereocenters. The van der Waals surface area contributed by atoms with Crippen molar-refractivity contribution in [2.45, 2.75) is 12.3 Å². The minimum absolute atomic E-state index is 0.146. The summed E-state index contributed by atoms with van der Waals surface area (Å²) in [6, 6.07) is 0. The van der Waals surface area contributed by atoms with E-state index in [0.717, 1.165) is 0 Å². The van der Waals surface area contributed by atoms with Gasteiger partial charge in [-0.15, -0.1) is 0 Å². The molecule has 2 heterocycles. The van der Waals surface area contributed by atoms with Crippen LogP contribution in [0.15, 0.2) is 11.1 Å². The maximum absolute atomic E-state index is 11.2. The Morgan fingerprint density at radius 3 is 2.80 bits per heavy atom. The van der Waals surface area contributed by atoms with Crippen LogP contribution < -0.4 is 5.73 Å². The third-order valence-electron chi connectivity index (χ3n) is 2.48. The third kappa shape index (κ3) is 2.53. The fourth-order valence-corrected chi connectivity index (χ4v) is 2.12. The van der Waals surface area contributed by atoms with Crippen molar-refractivity contribution in [3.63, 3.8) is 0 Å². The molecule has 10 heteroatoms. The van der Waals surface area contributed by atoms with Crippen molar-refractivity contribution >= 4 is 45.5 Å². The molecule has 106 valence electrons. The Morgan fingerprint density at radius 2 is 2.20 bits per heavy atom. The summed E-state index contributed by atoms with van der Waals surface area (Å²) >= 11 is 3.16. The van der Waals surface area contributed by atoms with Crippen LogP contribution >= 0.6 is 15.9 Å². The Labute approximate surface area is 120 Å². The molecule has 9 nitrogen and oxygen atoms in total. The Kier molecular flexibility index (Phi) is 4.37. The number of hydrogen-bond acceptors (Lipinski definition) is 8. The van der Waals surface area contributed by atoms with Gasteiger partial charge < -0.3 is 20.4 Å². The highest BCUT2D eigenvalue weighted by Crippen LogP contribution is 2.25. The van der Waals surface area contributed by atoms with E-state index in [1.54, 1.807) is 0 Å². The fourth-order valence-electron chi connectivity index (χ4n) is 1.58. The normalized spacial score (nSPS) is 14.1. The predicted molar refractivity (Wildman–Crippen MR) is 70.6 cm³/mol. The van der Waals surface area contributed by atoms with Gasteiger partial charge in [-0.25, -0.2) is 15.0 Å². The number of rotatable bonds is 6. The first-order chi connectivity index (χ1) is 9.62. The van der Waals surface area contributed by atoms with Crippen molar-refractivity contribution < 1.29 is 19.4 Å². The lowest BCUT2D eigenvalue weighted by molar-refractivity contribution is -0.139. The van der Waals surface area contributed by atoms with Crippen LogP contribution in [0, 0.1) is 0 Å². The van der Waals surface area contributed by atoms with Gasteiger partial charge in [-0.3, -0.25) is 9.36 Å². The minimum Gasteiger partial charge on any atom is -0.393 e. The summed E-state index contributed by atoms with van der Waals surface area (Å²) < 4.78 is 6.71. The monoisotopic (exact) mass is 343 g/mol. The number of ether oxygens (including phenoxy) is 1. The molecular weight excluding hydrogens is 334 g/mol. The molecule has 0 amide bonds. The molecule has 0 spiro atoms. The molecule has 2 rings (SSSR count). The van der Waals surface area contributed by atoms with E-state index in [2.05, 4.69) is 30.9 Å². The lowest BCUT2D eigenvalue weighted by Crippen LogP contribution is -2.26. The first-order valence-electron chi connectivity index (χ1n) is 5.43. The van der Waals surface area contributed by atoms with Crippen molar-refractivity contribution in [1.29, 1.82) is 0 Å². The number of imidazole rings is 1. The van der Waals surface area contributed by atoms with E-state index in [1.165, 1.54) is 10.9 Å². The van der Waals surface area contributed by atoms with Crippen LogP contribution in [0.1, 0.15) is 6.23 Å². The molecule has 20 heavy (non-hydrogen) atoms. The first-order valence-corrected chi connectivity index (χ1v) is 6.22. The summed E-state index contributed by atoms with van der Waals surface area (Å²) in [7, 11) is 0. The lowest BCUT2D eigenvalue weighted by Gasteiger charge is -2.17. The van der Waals surface area contributed by atoms with Crippen molar-refractivity contribution in [3.05, 3.63) is 11.1 Å². The number of carbonyl (C=O) groups excluding carboxylic acids is 2. The number of nitrogen functional groups attached to an aromatic ring is 1. The van der Waals surface area contributed by atoms with E-state index in [0.29, 0.717) is 18.1 Å². The number of halogens is 1. The quantitative estimate of drug-likeness (QED) is 0.526. The summed E-state index contributed by atoms with van der Waals surface area (Å²) in [5.74, 6) is 0.146. The molecule has 3 N–H and O–H groups in total. The van der Waals surface area contributed by atoms with Gasteiger partial charge in [-0.2, -0.15) is 0 Å². The smallest absolute Gasteiger partial charge is 0.194 e. The molecule has 2 aromatic heterocycles. The molecular formula is C10H10BrN5O4. The highest BCUT2D eigenvalue weighted by atomic mass is 79.9. The Bertz CT molecular complexity index is 646. The number of carbonyl (C=O) groups is 2. The molecule has 0 aliphatic heterocycles. The van der Waals surface area contributed by atoms with Crippen molar-refractivity contribution in [2.75, 3.05) is 12.3 Å². The van der Waals surface area contributed by atoms with Crippen molar-refractivity contribution in [1.82, 2.24) is 19.5 Å². The van der Waals surface area contributed by atoms with E-state index in [4.69, 9.17) is 15.6 Å². The number of nitrogens with two attached hydrogens (primary N) is 1. The number of nitrogens with zero attached hydrogens (tertiary/aromatic N) is 4. The van der Waals surface area contributed by atoms with Crippen molar-refractivity contribution in [3.8, 4) is 0 Å². The van der Waals surface area contributed by atoms with Gasteiger partial charge in [-0.05, 0) is 15.9 Å². The Balaban J connectivity index is 2.49. The molecule has 0 radical (unpaired) electrons. The van der Waals surface area contributed by atoms with Crippen LogP contribution in [0.25, 0.3) is 11.2 Å². The zero-order valence-corrected chi connectivity index (χ0v) is 11.6. The van der Waals surface area contributed by atoms with Crippen LogP contribution in [0.4, 0.5) is 5.82 Å². The maximum Gasteiger partial charge on any atom is 0.194 e. The summed E-state index contributed by atoms with van der Waals surface area (Å²) in [4.78, 5) is 33.7. The van der Waals surface area contributed by atoms with Crippen LogP contribution in [0.2, 0.25) is 0 Å². The second kappa shape index (κ2) is 6.03. The number of aliphatic hydroxyl groups is 1. The lowest BCUT2D eigenvalue weighted by atomic mass is 10.4. The average molecular weight is 344 g/mol. The van der Waals surface area contributed by atoms with E-state index in [1.807, 2.05) is 0 Å². The minimum atomic E-state index is -1.19. The fraction of sp³-hybridized carbons (Fsp3) is 0.300. The van der Waals surface area contributed by atoms with E-state index in [9.17, 15) is 9.59 Å². The summed E-state index contributed by atoms with van der Waals surface area (Å²) in [5, 5.41) is 8.94. The third-order valence-corrected chi connectivity index (χ3v) is 3.04. The largest absolute Gasteiger partial charge is 0.393 e. The van der Waals surface area contributed by atoms with Gasteiger partial charge in [0, 0.05) is 0 Å². The molecule has 0 fully saturated rings. The number of hydrogen-bond donors (Lipinski definition) is 2. The summed E-state index contributed by atoms with van der Waals surface area (Å²) in [6.45, 7) is -0.546. The predicted octanol–water partition coefficient (Wildman–Crippen LogP) is -0.555. The SMILES string of the molecule is Nc1ncnc2c1nc(Br)n2C(C=O)OC(C=O)CO. The summed E-state index contributed by atoms with van der Waals surface area (Å²) in [6.07, 6.45) is -0.254. The first kappa shape index (κ1) is 14.5. The van der Waals surface area contributed by atoms with Gasteiger partial charge in [0.25, 0.3) is 0 Å². The molecule has 0 aliphatic rings. The second-order valence-corrected chi connectivity index (χ2v) is 4.41. The Morgan fingerprint density at radius 1 is 1.45 bits per heavy atom. The topological polar surface area (TPSA) is 133 Å². The zero-order valence-electron chi connectivity index (χ0n) is 10.0. The molecule has 2 aromatic rings. The Hall–Kier alpha value is -1.91. The zero-order chi connectivity index (χ0) is 14.7. The number of fused-ring (bicyclic) bond motifs is 1. The van der Waals surface area contributed by atoms with Crippen molar-refractivity contribution in [2.24, 2.45) is 0 Å². The number of aldehydes is 2.